The molecule has 88 valence electrons. The van der Waals surface area contributed by atoms with Gasteiger partial charge in [-0.1, -0.05) is 36.9 Å². The molecule has 0 aromatic heterocycles. The molecule has 0 N–H and O–H groups in total. The van der Waals surface area contributed by atoms with Crippen molar-refractivity contribution in [3.8, 4) is 0 Å². The zero-order valence-electron chi connectivity index (χ0n) is 9.88. The van der Waals surface area contributed by atoms with E-state index in [0.29, 0.717) is 0 Å². The average molecular weight is 255 g/mol. The third kappa shape index (κ3) is 2.17. The predicted octanol–water partition coefficient (Wildman–Crippen LogP) is 2.75. The summed E-state index contributed by atoms with van der Waals surface area (Å²) in [6.45, 7) is 2.17. The lowest BCUT2D eigenvalue weighted by Gasteiger charge is -2.28. The highest BCUT2D eigenvalue weighted by atomic mass is 32.2. The van der Waals surface area contributed by atoms with Gasteiger partial charge in [0.25, 0.3) is 0 Å². The maximum atomic E-state index is 4.77. The fourth-order valence-corrected chi connectivity index (χ4v) is 3.39. The van der Waals surface area contributed by atoms with Gasteiger partial charge in [0, 0.05) is 12.8 Å². The summed E-state index contributed by atoms with van der Waals surface area (Å²) >= 11 is 3.51. The number of nitrogens with zero attached hydrogens (tertiary/aromatic N) is 3. The minimum atomic E-state index is 0.191. The number of likely N-dealkylation sites (N-methyl/N-ethyl adjacent to an activating group) is 1. The van der Waals surface area contributed by atoms with E-state index in [1.165, 1.54) is 5.57 Å². The number of allylic oxidation sites excluding steroid dienone is 3. The van der Waals surface area contributed by atoms with Gasteiger partial charge in [-0.25, -0.2) is 9.41 Å². The number of hydrogen-bond donors (Lipinski definition) is 0. The van der Waals surface area contributed by atoms with Crippen LogP contribution in [0.2, 0.25) is 0 Å². The van der Waals surface area contributed by atoms with E-state index in [1.807, 2.05) is 0 Å². The Morgan fingerprint density at radius 2 is 2.38 bits per heavy atom. The van der Waals surface area contributed by atoms with E-state index in [4.69, 9.17) is 4.99 Å². The van der Waals surface area contributed by atoms with Crippen molar-refractivity contribution in [1.82, 2.24) is 9.42 Å². The van der Waals surface area contributed by atoms with Gasteiger partial charge < -0.3 is 0 Å². The quantitative estimate of drug-likeness (QED) is 0.722. The van der Waals surface area contributed by atoms with Crippen LogP contribution >= 0.6 is 23.7 Å². The van der Waals surface area contributed by atoms with Crippen LogP contribution < -0.4 is 0 Å². The maximum Gasteiger partial charge on any atom is 0.186 e. The number of thioether (sulfide) groups is 1. The number of aliphatic imine (C=N–C) groups is 1. The molecule has 1 aliphatic carbocycles. The molecule has 0 fully saturated rings. The minimum absolute atomic E-state index is 0.191. The molecule has 1 unspecified atom stereocenters. The lowest BCUT2D eigenvalue weighted by molar-refractivity contribution is 0.168. The Morgan fingerprint density at radius 3 is 2.94 bits per heavy atom. The highest BCUT2D eigenvalue weighted by Crippen LogP contribution is 2.32. The Balaban J connectivity index is 2.14. The van der Waals surface area contributed by atoms with Crippen molar-refractivity contribution in [2.24, 2.45) is 4.99 Å². The van der Waals surface area contributed by atoms with Gasteiger partial charge in [0.2, 0.25) is 0 Å². The highest BCUT2D eigenvalue weighted by molar-refractivity contribution is 8.14. The molecule has 1 aliphatic heterocycles. The summed E-state index contributed by atoms with van der Waals surface area (Å²) in [4.78, 5) is 4.77. The predicted molar refractivity (Wildman–Crippen MR) is 74.3 cm³/mol. The molecule has 2 aliphatic rings. The molecule has 0 saturated carbocycles. The highest BCUT2D eigenvalue weighted by Gasteiger charge is 2.33. The van der Waals surface area contributed by atoms with Crippen molar-refractivity contribution in [2.45, 2.75) is 19.5 Å². The molecule has 16 heavy (non-hydrogen) atoms. The molecule has 3 nitrogen and oxygen atoms in total. The first kappa shape index (κ1) is 12.1. The molecular weight excluding hydrogens is 238 g/mol. The lowest BCUT2D eigenvalue weighted by atomic mass is 10.2. The molecule has 5 heteroatoms. The van der Waals surface area contributed by atoms with Gasteiger partial charge in [-0.2, -0.15) is 5.01 Å². The Hall–Kier alpha value is -0.390. The number of rotatable bonds is 3. The second-order valence-electron chi connectivity index (χ2n) is 3.63. The standard InChI is InChI=1S/C11H17N3S2/c1-4-16-14-11(15-3)12-10(13(14)2)9-7-5-6-8-9/h5-7,10H,4,8H2,1-3H3. The summed E-state index contributed by atoms with van der Waals surface area (Å²) in [6, 6.07) is 0. The smallest absolute Gasteiger partial charge is 0.186 e. The zero-order valence-corrected chi connectivity index (χ0v) is 11.5. The summed E-state index contributed by atoms with van der Waals surface area (Å²) < 4.78 is 2.20. The van der Waals surface area contributed by atoms with Crippen molar-refractivity contribution in [3.63, 3.8) is 0 Å². The largest absolute Gasteiger partial charge is 0.235 e. The molecule has 0 aromatic rings. The van der Waals surface area contributed by atoms with Crippen LogP contribution in [0.5, 0.6) is 0 Å². The van der Waals surface area contributed by atoms with Crippen LogP contribution in [-0.2, 0) is 0 Å². The monoisotopic (exact) mass is 255 g/mol. The molecule has 0 radical (unpaired) electrons. The second kappa shape index (κ2) is 5.29. The first-order valence-electron chi connectivity index (χ1n) is 5.41. The number of amidine groups is 1. The Morgan fingerprint density at radius 1 is 1.56 bits per heavy atom. The van der Waals surface area contributed by atoms with E-state index in [9.17, 15) is 0 Å². The van der Waals surface area contributed by atoms with Crippen LogP contribution in [0.3, 0.4) is 0 Å². The Bertz CT molecular complexity index is 349. The lowest BCUT2D eigenvalue weighted by Crippen LogP contribution is -2.37. The summed E-state index contributed by atoms with van der Waals surface area (Å²) in [5.74, 6) is 1.06. The summed E-state index contributed by atoms with van der Waals surface area (Å²) in [5, 5.41) is 3.32. The van der Waals surface area contributed by atoms with Crippen molar-refractivity contribution in [3.05, 3.63) is 23.8 Å². The van der Waals surface area contributed by atoms with E-state index in [-0.39, 0.29) is 6.17 Å². The molecule has 1 heterocycles. The van der Waals surface area contributed by atoms with Crippen molar-refractivity contribution in [2.75, 3.05) is 19.1 Å². The first-order valence-corrected chi connectivity index (χ1v) is 7.57. The molecule has 0 spiro atoms. The topological polar surface area (TPSA) is 18.8 Å². The molecule has 0 bridgehead atoms. The van der Waals surface area contributed by atoms with Gasteiger partial charge in [0.15, 0.2) is 5.17 Å². The van der Waals surface area contributed by atoms with Gasteiger partial charge in [-0.15, -0.1) is 0 Å². The van der Waals surface area contributed by atoms with Crippen LogP contribution in [0.25, 0.3) is 0 Å². The van der Waals surface area contributed by atoms with Gasteiger partial charge in [-0.05, 0) is 30.2 Å². The van der Waals surface area contributed by atoms with Crippen LogP contribution in [0.15, 0.2) is 28.8 Å². The van der Waals surface area contributed by atoms with Crippen molar-refractivity contribution < 1.29 is 0 Å². The molecule has 1 atom stereocenters. The second-order valence-corrected chi connectivity index (χ2v) is 5.58. The van der Waals surface area contributed by atoms with E-state index in [1.54, 1.807) is 23.7 Å². The van der Waals surface area contributed by atoms with E-state index < -0.39 is 0 Å². The normalized spacial score (nSPS) is 25.2. The van der Waals surface area contributed by atoms with E-state index in [2.05, 4.69) is 47.9 Å². The molecule has 0 aromatic carbocycles. The molecule has 2 rings (SSSR count). The summed E-state index contributed by atoms with van der Waals surface area (Å²) in [6.07, 6.45) is 9.80. The van der Waals surface area contributed by atoms with E-state index in [0.717, 1.165) is 17.3 Å². The van der Waals surface area contributed by atoms with E-state index >= 15 is 0 Å². The minimum Gasteiger partial charge on any atom is -0.235 e. The van der Waals surface area contributed by atoms with Crippen LogP contribution in [0.4, 0.5) is 0 Å². The number of hydrogen-bond acceptors (Lipinski definition) is 5. The van der Waals surface area contributed by atoms with Gasteiger partial charge >= 0.3 is 0 Å². The molecule has 0 saturated heterocycles. The Kier molecular flexibility index (Phi) is 4.00. The third-order valence-electron chi connectivity index (χ3n) is 2.60. The van der Waals surface area contributed by atoms with Crippen LogP contribution in [0.1, 0.15) is 13.3 Å². The van der Waals surface area contributed by atoms with Crippen LogP contribution in [0, 0.1) is 0 Å². The summed E-state index contributed by atoms with van der Waals surface area (Å²) in [7, 11) is 2.11. The van der Waals surface area contributed by atoms with Crippen LogP contribution in [-0.4, -0.2) is 39.8 Å². The van der Waals surface area contributed by atoms with Gasteiger partial charge in [0.1, 0.15) is 6.17 Å². The fraction of sp³-hybridized carbons (Fsp3) is 0.545. The molecular formula is C11H17N3S2. The first-order chi connectivity index (χ1) is 7.77. The zero-order chi connectivity index (χ0) is 11.5. The maximum absolute atomic E-state index is 4.77. The van der Waals surface area contributed by atoms with Crippen molar-refractivity contribution in [1.29, 1.82) is 0 Å². The number of hydrazine groups is 1. The van der Waals surface area contributed by atoms with Crippen molar-refractivity contribution >= 4 is 28.9 Å². The SMILES string of the molecule is CCSN1C(SC)=NC(C2=CC=CC2)N1C. The Labute approximate surface area is 106 Å². The fourth-order valence-electron chi connectivity index (χ4n) is 1.85. The third-order valence-corrected chi connectivity index (χ3v) is 4.29. The average Bonchev–Trinajstić information content (AvgIpc) is 2.89. The molecule has 0 amide bonds. The summed E-state index contributed by atoms with van der Waals surface area (Å²) in [5.41, 5.74) is 1.38. The van der Waals surface area contributed by atoms with Gasteiger partial charge in [0.05, 0.1) is 0 Å². The van der Waals surface area contributed by atoms with Gasteiger partial charge in [-0.3, -0.25) is 0 Å².